The molecule has 1 heterocycles. The smallest absolute Gasteiger partial charge is 0.257 e. The molecule has 1 aromatic carbocycles. The number of rotatable bonds is 3. The zero-order valence-electron chi connectivity index (χ0n) is 10.3. The molecule has 0 bridgehead atoms. The number of nitriles is 1. The van der Waals surface area contributed by atoms with Crippen molar-refractivity contribution in [2.24, 2.45) is 11.7 Å². The Labute approximate surface area is 105 Å². The Morgan fingerprint density at radius 2 is 1.94 bits per heavy atom. The van der Waals surface area contributed by atoms with Crippen LogP contribution in [0, 0.1) is 17.2 Å². The summed E-state index contributed by atoms with van der Waals surface area (Å²) in [5, 5.41) is 12.6. The minimum absolute atomic E-state index is 0.235. The van der Waals surface area contributed by atoms with Gasteiger partial charge in [-0.15, -0.1) is 0 Å². The predicted octanol–water partition coefficient (Wildman–Crippen LogP) is 2.26. The van der Waals surface area contributed by atoms with Gasteiger partial charge in [-0.1, -0.05) is 19.0 Å². The van der Waals surface area contributed by atoms with E-state index in [4.69, 9.17) is 15.5 Å². The third kappa shape index (κ3) is 2.39. The second-order valence-electron chi connectivity index (χ2n) is 4.42. The van der Waals surface area contributed by atoms with Gasteiger partial charge >= 0.3 is 0 Å². The molecule has 5 heteroatoms. The molecule has 5 nitrogen and oxygen atoms in total. The van der Waals surface area contributed by atoms with Crippen LogP contribution in [0.2, 0.25) is 0 Å². The molecule has 92 valence electrons. The first-order chi connectivity index (χ1) is 8.61. The van der Waals surface area contributed by atoms with Crippen LogP contribution in [0.1, 0.15) is 31.3 Å². The van der Waals surface area contributed by atoms with Crippen LogP contribution in [0.4, 0.5) is 0 Å². The summed E-state index contributed by atoms with van der Waals surface area (Å²) in [4.78, 5) is 4.27. The van der Waals surface area contributed by atoms with E-state index in [9.17, 15) is 0 Å². The Balaban J connectivity index is 2.26. The maximum atomic E-state index is 8.72. The molecule has 1 unspecified atom stereocenters. The van der Waals surface area contributed by atoms with Crippen LogP contribution < -0.4 is 5.73 Å². The molecular formula is C13H14N4O. The average Bonchev–Trinajstić information content (AvgIpc) is 2.87. The third-order valence-electron chi connectivity index (χ3n) is 2.72. The molecule has 0 amide bonds. The van der Waals surface area contributed by atoms with Crippen molar-refractivity contribution in [1.29, 1.82) is 5.26 Å². The maximum absolute atomic E-state index is 8.72. The van der Waals surface area contributed by atoms with E-state index in [0.29, 0.717) is 17.3 Å². The summed E-state index contributed by atoms with van der Waals surface area (Å²) in [7, 11) is 0. The van der Waals surface area contributed by atoms with Gasteiger partial charge < -0.3 is 10.3 Å². The highest BCUT2D eigenvalue weighted by Gasteiger charge is 2.17. The molecule has 0 fully saturated rings. The first-order valence-electron chi connectivity index (χ1n) is 5.71. The number of benzene rings is 1. The molecule has 0 spiro atoms. The van der Waals surface area contributed by atoms with E-state index in [1.807, 2.05) is 13.8 Å². The predicted molar refractivity (Wildman–Crippen MR) is 66.2 cm³/mol. The van der Waals surface area contributed by atoms with Crippen LogP contribution >= 0.6 is 0 Å². The van der Waals surface area contributed by atoms with Crippen LogP contribution in [-0.4, -0.2) is 10.1 Å². The number of nitrogens with zero attached hydrogens (tertiary/aromatic N) is 3. The van der Waals surface area contributed by atoms with Gasteiger partial charge in [-0.05, 0) is 30.2 Å². The summed E-state index contributed by atoms with van der Waals surface area (Å²) in [5.41, 5.74) is 7.32. The Bertz CT molecular complexity index is 565. The lowest BCUT2D eigenvalue weighted by molar-refractivity contribution is 0.400. The van der Waals surface area contributed by atoms with Crippen LogP contribution in [-0.2, 0) is 0 Å². The van der Waals surface area contributed by atoms with Gasteiger partial charge in [0.2, 0.25) is 0 Å². The Hall–Kier alpha value is -2.19. The fraction of sp³-hybridized carbons (Fsp3) is 0.308. The van der Waals surface area contributed by atoms with Crippen molar-refractivity contribution in [2.45, 2.75) is 19.9 Å². The second-order valence-corrected chi connectivity index (χ2v) is 4.42. The molecule has 1 atom stereocenters. The quantitative estimate of drug-likeness (QED) is 0.891. The normalized spacial score (nSPS) is 12.4. The van der Waals surface area contributed by atoms with Crippen LogP contribution in [0.15, 0.2) is 28.8 Å². The largest absolute Gasteiger partial charge is 0.334 e. The van der Waals surface area contributed by atoms with Crippen molar-refractivity contribution < 1.29 is 4.52 Å². The van der Waals surface area contributed by atoms with Gasteiger partial charge in [0.05, 0.1) is 17.7 Å². The number of hydrogen-bond donors (Lipinski definition) is 1. The third-order valence-corrected chi connectivity index (χ3v) is 2.72. The maximum Gasteiger partial charge on any atom is 0.257 e. The minimum Gasteiger partial charge on any atom is -0.334 e. The summed E-state index contributed by atoms with van der Waals surface area (Å²) in [6.45, 7) is 4.00. The van der Waals surface area contributed by atoms with Crippen molar-refractivity contribution in [3.63, 3.8) is 0 Å². The van der Waals surface area contributed by atoms with Gasteiger partial charge in [0.15, 0.2) is 5.82 Å². The summed E-state index contributed by atoms with van der Waals surface area (Å²) >= 11 is 0. The van der Waals surface area contributed by atoms with Crippen molar-refractivity contribution in [2.75, 3.05) is 0 Å². The Morgan fingerprint density at radius 1 is 1.28 bits per heavy atom. The molecule has 0 aliphatic heterocycles. The molecule has 2 rings (SSSR count). The zero-order valence-corrected chi connectivity index (χ0v) is 10.3. The van der Waals surface area contributed by atoms with E-state index < -0.39 is 0 Å². The SMILES string of the molecule is CC(C)C(N)c1noc(-c2ccc(C#N)cc2)n1. The van der Waals surface area contributed by atoms with Crippen molar-refractivity contribution >= 4 is 0 Å². The van der Waals surface area contributed by atoms with Crippen LogP contribution in [0.5, 0.6) is 0 Å². The van der Waals surface area contributed by atoms with E-state index >= 15 is 0 Å². The van der Waals surface area contributed by atoms with E-state index in [2.05, 4.69) is 16.2 Å². The highest BCUT2D eigenvalue weighted by molar-refractivity contribution is 5.54. The molecule has 2 N–H and O–H groups in total. The van der Waals surface area contributed by atoms with E-state index in [1.54, 1.807) is 24.3 Å². The van der Waals surface area contributed by atoms with Gasteiger partial charge in [0.25, 0.3) is 5.89 Å². The summed E-state index contributed by atoms with van der Waals surface area (Å²) < 4.78 is 5.17. The second kappa shape index (κ2) is 4.98. The lowest BCUT2D eigenvalue weighted by atomic mass is 10.1. The molecule has 0 aliphatic carbocycles. The number of hydrogen-bond acceptors (Lipinski definition) is 5. The molecule has 1 aromatic heterocycles. The lowest BCUT2D eigenvalue weighted by Crippen LogP contribution is -2.18. The fourth-order valence-corrected chi connectivity index (χ4v) is 1.47. The van der Waals surface area contributed by atoms with Crippen LogP contribution in [0.3, 0.4) is 0 Å². The molecule has 2 aromatic rings. The summed E-state index contributed by atoms with van der Waals surface area (Å²) in [6, 6.07) is 8.79. The van der Waals surface area contributed by atoms with Gasteiger partial charge in [-0.2, -0.15) is 10.2 Å². The standard InChI is InChI=1S/C13H14N4O/c1-8(2)11(15)12-16-13(18-17-12)10-5-3-9(7-14)4-6-10/h3-6,8,11H,15H2,1-2H3. The van der Waals surface area contributed by atoms with Gasteiger partial charge in [0, 0.05) is 5.56 Å². The average molecular weight is 242 g/mol. The zero-order chi connectivity index (χ0) is 13.1. The minimum atomic E-state index is -0.235. The highest BCUT2D eigenvalue weighted by Crippen LogP contribution is 2.21. The van der Waals surface area contributed by atoms with Gasteiger partial charge in [-0.3, -0.25) is 0 Å². The molecule has 0 saturated heterocycles. The Kier molecular flexibility index (Phi) is 3.40. The molecule has 18 heavy (non-hydrogen) atoms. The molecule has 0 saturated carbocycles. The fourth-order valence-electron chi connectivity index (χ4n) is 1.47. The number of aromatic nitrogens is 2. The van der Waals surface area contributed by atoms with Crippen LogP contribution in [0.25, 0.3) is 11.5 Å². The van der Waals surface area contributed by atoms with Gasteiger partial charge in [0.1, 0.15) is 0 Å². The first-order valence-corrected chi connectivity index (χ1v) is 5.71. The summed E-state index contributed by atoms with van der Waals surface area (Å²) in [5.74, 6) is 1.17. The first kappa shape index (κ1) is 12.3. The lowest BCUT2D eigenvalue weighted by Gasteiger charge is -2.09. The van der Waals surface area contributed by atoms with Crippen molar-refractivity contribution in [3.05, 3.63) is 35.7 Å². The molecular weight excluding hydrogens is 228 g/mol. The van der Waals surface area contributed by atoms with E-state index in [0.717, 1.165) is 5.56 Å². The monoisotopic (exact) mass is 242 g/mol. The number of nitrogens with two attached hydrogens (primary N) is 1. The van der Waals surface area contributed by atoms with Crippen molar-refractivity contribution in [1.82, 2.24) is 10.1 Å². The van der Waals surface area contributed by atoms with Crippen molar-refractivity contribution in [3.8, 4) is 17.5 Å². The van der Waals surface area contributed by atoms with Gasteiger partial charge in [-0.25, -0.2) is 0 Å². The summed E-state index contributed by atoms with van der Waals surface area (Å²) in [6.07, 6.45) is 0. The Morgan fingerprint density at radius 3 is 2.50 bits per heavy atom. The highest BCUT2D eigenvalue weighted by atomic mass is 16.5. The molecule has 0 aliphatic rings. The van der Waals surface area contributed by atoms with E-state index in [-0.39, 0.29) is 12.0 Å². The molecule has 0 radical (unpaired) electrons. The topological polar surface area (TPSA) is 88.7 Å². The van der Waals surface area contributed by atoms with E-state index in [1.165, 1.54) is 0 Å².